The van der Waals surface area contributed by atoms with Crippen LogP contribution in [0.4, 0.5) is 0 Å². The Hall–Kier alpha value is -0.580. The highest BCUT2D eigenvalue weighted by atomic mass is 16.7. The third kappa shape index (κ3) is 5.06. The summed E-state index contributed by atoms with van der Waals surface area (Å²) < 4.78 is 11.8. The lowest BCUT2D eigenvalue weighted by Gasteiger charge is -2.58. The standard InChI is InChI=1S/C33H55NO7/c1-17-5-8-24(34-15-17)18(2)27-25(36)14-23-21-7-6-19-13-20(9-11-32(19,3)22(21)10-12-33(23,27)4)40-31-30(39)29(38)28(37)26(16-35)41-31/h6,17-18,20-31,34-39H,5,7-16H2,1-4H3/t17-,18+,20?,21+,22-,23-,24+,25+,26+,27-,28-,29+,30+,31+,32-,33-/m0/s1. The summed E-state index contributed by atoms with van der Waals surface area (Å²) in [5, 5.41) is 55.8. The van der Waals surface area contributed by atoms with Crippen LogP contribution < -0.4 is 5.32 Å². The lowest BCUT2D eigenvalue weighted by atomic mass is 9.47. The van der Waals surface area contributed by atoms with Crippen molar-refractivity contribution >= 4 is 0 Å². The minimum Gasteiger partial charge on any atom is -0.394 e. The van der Waals surface area contributed by atoms with E-state index in [1.165, 1.54) is 31.3 Å². The summed E-state index contributed by atoms with van der Waals surface area (Å²) in [6.07, 6.45) is 5.37. The molecule has 4 aliphatic carbocycles. The van der Waals surface area contributed by atoms with E-state index in [9.17, 15) is 25.5 Å². The topological polar surface area (TPSA) is 132 Å². The molecule has 3 saturated carbocycles. The summed E-state index contributed by atoms with van der Waals surface area (Å²) >= 11 is 0. The summed E-state index contributed by atoms with van der Waals surface area (Å²) in [4.78, 5) is 0. The fourth-order valence-electron chi connectivity index (χ4n) is 10.8. The minimum atomic E-state index is -1.42. The zero-order valence-corrected chi connectivity index (χ0v) is 25.5. The van der Waals surface area contributed by atoms with Crippen LogP contribution >= 0.6 is 0 Å². The quantitative estimate of drug-likeness (QED) is 0.275. The van der Waals surface area contributed by atoms with Gasteiger partial charge in [0.15, 0.2) is 6.29 Å². The summed E-state index contributed by atoms with van der Waals surface area (Å²) in [6.45, 7) is 10.3. The van der Waals surface area contributed by atoms with Crippen LogP contribution in [-0.2, 0) is 9.47 Å². The molecule has 0 spiro atoms. The van der Waals surface area contributed by atoms with Gasteiger partial charge in [0.25, 0.3) is 0 Å². The van der Waals surface area contributed by atoms with Gasteiger partial charge in [-0.05, 0) is 111 Å². The van der Waals surface area contributed by atoms with E-state index in [-0.39, 0.29) is 23.0 Å². The second-order valence-electron chi connectivity index (χ2n) is 15.4. The molecule has 0 aromatic carbocycles. The number of ether oxygens (including phenoxy) is 2. The number of nitrogens with one attached hydrogen (secondary N) is 1. The van der Waals surface area contributed by atoms with Crippen molar-refractivity contribution in [1.82, 2.24) is 5.32 Å². The van der Waals surface area contributed by atoms with Crippen LogP contribution in [0.3, 0.4) is 0 Å². The van der Waals surface area contributed by atoms with Gasteiger partial charge in [0, 0.05) is 6.04 Å². The van der Waals surface area contributed by atoms with Gasteiger partial charge in [-0.25, -0.2) is 0 Å². The molecule has 41 heavy (non-hydrogen) atoms. The highest BCUT2D eigenvalue weighted by molar-refractivity contribution is 5.26. The average Bonchev–Trinajstić information content (AvgIpc) is 3.23. The molecule has 5 fully saturated rings. The molecule has 0 aromatic heterocycles. The van der Waals surface area contributed by atoms with Crippen LogP contribution in [0.15, 0.2) is 11.6 Å². The third-order valence-electron chi connectivity index (χ3n) is 13.2. The molecule has 2 heterocycles. The number of rotatable bonds is 5. The van der Waals surface area contributed by atoms with Gasteiger partial charge in [-0.2, -0.15) is 0 Å². The zero-order valence-electron chi connectivity index (χ0n) is 25.5. The maximum absolute atomic E-state index is 11.6. The van der Waals surface area contributed by atoms with Crippen LogP contribution in [0.5, 0.6) is 0 Å². The monoisotopic (exact) mass is 577 g/mol. The van der Waals surface area contributed by atoms with Crippen LogP contribution in [0.1, 0.15) is 85.5 Å². The molecule has 16 atom stereocenters. The van der Waals surface area contributed by atoms with Crippen molar-refractivity contribution in [3.63, 3.8) is 0 Å². The molecule has 6 aliphatic rings. The summed E-state index contributed by atoms with van der Waals surface area (Å²) in [5.74, 6) is 3.31. The number of aliphatic hydroxyl groups excluding tert-OH is 5. The van der Waals surface area contributed by atoms with Gasteiger partial charge < -0.3 is 40.3 Å². The zero-order chi connectivity index (χ0) is 29.3. The maximum atomic E-state index is 11.6. The van der Waals surface area contributed by atoms with Crippen LogP contribution in [0.25, 0.3) is 0 Å². The van der Waals surface area contributed by atoms with Gasteiger partial charge in [0.1, 0.15) is 24.4 Å². The SMILES string of the molecule is C[C@H]1CC[C@H]([C@@H](C)[C@H]2[C@H](O)C[C@H]3[C@@H]4CC=C5CC(O[C@@H]6O[C@H](CO)[C@H](O)[C@@H](O)[C@H]6O)CC[C@]5(C)[C@H]4CC[C@]23C)NC1. The molecule has 6 N–H and O–H groups in total. The van der Waals surface area contributed by atoms with Crippen LogP contribution in [-0.4, -0.2) is 87.6 Å². The molecule has 0 radical (unpaired) electrons. The Morgan fingerprint density at radius 3 is 2.51 bits per heavy atom. The molecular formula is C33H55NO7. The lowest BCUT2D eigenvalue weighted by Crippen LogP contribution is -2.60. The van der Waals surface area contributed by atoms with E-state index < -0.39 is 37.3 Å². The fourth-order valence-corrected chi connectivity index (χ4v) is 10.8. The summed E-state index contributed by atoms with van der Waals surface area (Å²) in [7, 11) is 0. The molecule has 6 rings (SSSR count). The normalized spacial score (nSPS) is 54.5. The minimum absolute atomic E-state index is 0.106. The third-order valence-corrected chi connectivity index (χ3v) is 13.2. The van der Waals surface area contributed by atoms with Gasteiger partial charge in [-0.3, -0.25) is 0 Å². The first-order valence-corrected chi connectivity index (χ1v) is 16.5. The molecular weight excluding hydrogens is 522 g/mol. The van der Waals surface area contributed by atoms with E-state index in [2.05, 4.69) is 39.1 Å². The molecule has 8 nitrogen and oxygen atoms in total. The Bertz CT molecular complexity index is 967. The molecule has 234 valence electrons. The van der Waals surface area contributed by atoms with Crippen molar-refractivity contribution in [2.75, 3.05) is 13.2 Å². The predicted octanol–water partition coefficient (Wildman–Crippen LogP) is 2.75. The molecule has 8 heteroatoms. The molecule has 0 aromatic rings. The summed E-state index contributed by atoms with van der Waals surface area (Å²) in [6, 6.07) is 0.508. The first-order valence-electron chi connectivity index (χ1n) is 16.5. The van der Waals surface area contributed by atoms with E-state index in [1.54, 1.807) is 0 Å². The largest absolute Gasteiger partial charge is 0.394 e. The Balaban J connectivity index is 1.15. The molecule has 0 bridgehead atoms. The van der Waals surface area contributed by atoms with Crippen LogP contribution in [0.2, 0.25) is 0 Å². The predicted molar refractivity (Wildman–Crippen MR) is 155 cm³/mol. The maximum Gasteiger partial charge on any atom is 0.186 e. The Kier molecular flexibility index (Phi) is 8.47. The lowest BCUT2D eigenvalue weighted by molar-refractivity contribution is -0.313. The Morgan fingerprint density at radius 2 is 1.80 bits per heavy atom. The first-order chi connectivity index (χ1) is 19.5. The molecule has 2 saturated heterocycles. The molecule has 2 aliphatic heterocycles. The molecule has 1 unspecified atom stereocenters. The highest BCUT2D eigenvalue weighted by Crippen LogP contribution is 2.67. The van der Waals surface area contributed by atoms with Crippen molar-refractivity contribution in [1.29, 1.82) is 0 Å². The smallest absolute Gasteiger partial charge is 0.186 e. The first kappa shape index (κ1) is 30.4. The Morgan fingerprint density at radius 1 is 1.02 bits per heavy atom. The van der Waals surface area contributed by atoms with Gasteiger partial charge in [0.2, 0.25) is 0 Å². The fraction of sp³-hybridized carbons (Fsp3) is 0.939. The van der Waals surface area contributed by atoms with E-state index in [1.807, 2.05) is 0 Å². The van der Waals surface area contributed by atoms with E-state index >= 15 is 0 Å². The van der Waals surface area contributed by atoms with Gasteiger partial charge in [0.05, 0.1) is 18.8 Å². The van der Waals surface area contributed by atoms with Crippen molar-refractivity contribution in [2.24, 2.45) is 46.3 Å². The van der Waals surface area contributed by atoms with Crippen molar-refractivity contribution in [2.45, 2.75) is 134 Å². The van der Waals surface area contributed by atoms with Crippen molar-refractivity contribution in [3.8, 4) is 0 Å². The summed E-state index contributed by atoms with van der Waals surface area (Å²) in [5.41, 5.74) is 1.72. The van der Waals surface area contributed by atoms with Crippen molar-refractivity contribution in [3.05, 3.63) is 11.6 Å². The highest BCUT2D eigenvalue weighted by Gasteiger charge is 2.62. The van der Waals surface area contributed by atoms with E-state index in [0.29, 0.717) is 35.6 Å². The number of hydrogen-bond acceptors (Lipinski definition) is 8. The number of piperidine rings is 1. The van der Waals surface area contributed by atoms with Gasteiger partial charge in [-0.15, -0.1) is 0 Å². The van der Waals surface area contributed by atoms with E-state index in [4.69, 9.17) is 9.47 Å². The average molecular weight is 578 g/mol. The number of hydrogen-bond donors (Lipinski definition) is 6. The Labute approximate surface area is 245 Å². The van der Waals surface area contributed by atoms with Crippen molar-refractivity contribution < 1.29 is 35.0 Å². The van der Waals surface area contributed by atoms with Gasteiger partial charge >= 0.3 is 0 Å². The second kappa shape index (κ2) is 11.4. The number of fused-ring (bicyclic) bond motifs is 5. The second-order valence-corrected chi connectivity index (χ2v) is 15.4. The van der Waals surface area contributed by atoms with Crippen LogP contribution in [0, 0.1) is 46.3 Å². The number of aliphatic hydroxyl groups is 5. The van der Waals surface area contributed by atoms with E-state index in [0.717, 1.165) is 44.6 Å². The van der Waals surface area contributed by atoms with Gasteiger partial charge in [-0.1, -0.05) is 39.3 Å². The molecule has 0 amide bonds. The number of allylic oxidation sites excluding steroid dienone is 1.